The first-order valence-electron chi connectivity index (χ1n) is 7.26. The predicted molar refractivity (Wildman–Crippen MR) is 89.6 cm³/mol. The average molecular weight is 331 g/mol. The molecule has 0 radical (unpaired) electrons. The summed E-state index contributed by atoms with van der Waals surface area (Å²) in [5.74, 6) is -0.470. The van der Waals surface area contributed by atoms with Crippen LogP contribution in [0.25, 0.3) is 0 Å². The molecule has 0 saturated carbocycles. The third-order valence-electron chi connectivity index (χ3n) is 3.29. The van der Waals surface area contributed by atoms with Crippen molar-refractivity contribution in [2.24, 2.45) is 5.73 Å². The molecule has 0 aliphatic rings. The highest BCUT2D eigenvalue weighted by atomic mass is 19.1. The molecular formula is C17H18FN3O3. The lowest BCUT2D eigenvalue weighted by molar-refractivity contribution is -0.116. The quantitative estimate of drug-likeness (QED) is 0.760. The van der Waals surface area contributed by atoms with Gasteiger partial charge in [-0.1, -0.05) is 6.07 Å². The number of anilines is 2. The Bertz CT molecular complexity index is 732. The van der Waals surface area contributed by atoms with E-state index in [-0.39, 0.29) is 18.1 Å². The maximum absolute atomic E-state index is 13.6. The molecule has 0 aliphatic heterocycles. The molecule has 2 aromatic carbocycles. The van der Waals surface area contributed by atoms with Crippen LogP contribution >= 0.6 is 0 Å². The number of aryl methyl sites for hydroxylation is 1. The van der Waals surface area contributed by atoms with Crippen LogP contribution in [0.1, 0.15) is 12.0 Å². The topological polar surface area (TPSA) is 93.4 Å². The number of nitrogens with one attached hydrogen (secondary N) is 2. The number of hydrogen-bond acceptors (Lipinski definition) is 3. The van der Waals surface area contributed by atoms with Gasteiger partial charge in [0.1, 0.15) is 0 Å². The van der Waals surface area contributed by atoms with Gasteiger partial charge in [0.15, 0.2) is 11.6 Å². The van der Waals surface area contributed by atoms with Crippen molar-refractivity contribution in [3.8, 4) is 5.75 Å². The summed E-state index contributed by atoms with van der Waals surface area (Å²) in [5, 5.41) is 5.16. The highest BCUT2D eigenvalue weighted by molar-refractivity contribution is 5.92. The van der Waals surface area contributed by atoms with Gasteiger partial charge in [0.2, 0.25) is 5.91 Å². The maximum atomic E-state index is 13.6. The summed E-state index contributed by atoms with van der Waals surface area (Å²) >= 11 is 0. The first kappa shape index (κ1) is 17.3. The Balaban J connectivity index is 1.87. The molecule has 0 heterocycles. The molecule has 0 spiro atoms. The van der Waals surface area contributed by atoms with Crippen molar-refractivity contribution in [2.45, 2.75) is 12.8 Å². The smallest absolute Gasteiger partial charge is 0.316 e. The van der Waals surface area contributed by atoms with Crippen molar-refractivity contribution in [1.82, 2.24) is 0 Å². The molecule has 2 rings (SSSR count). The van der Waals surface area contributed by atoms with Crippen LogP contribution in [0, 0.1) is 5.82 Å². The Morgan fingerprint density at radius 2 is 1.71 bits per heavy atom. The Hall–Kier alpha value is -3.09. The number of carbonyl (C=O) groups excluding carboxylic acids is 2. The fourth-order valence-corrected chi connectivity index (χ4v) is 2.13. The fraction of sp³-hybridized carbons (Fsp3) is 0.176. The number of benzene rings is 2. The van der Waals surface area contributed by atoms with Crippen LogP contribution in [0.2, 0.25) is 0 Å². The zero-order valence-electron chi connectivity index (χ0n) is 13.1. The van der Waals surface area contributed by atoms with E-state index in [0.717, 1.165) is 0 Å². The van der Waals surface area contributed by atoms with E-state index < -0.39 is 11.8 Å². The minimum atomic E-state index is -0.654. The van der Waals surface area contributed by atoms with Gasteiger partial charge in [0.25, 0.3) is 0 Å². The van der Waals surface area contributed by atoms with Crippen molar-refractivity contribution in [2.75, 3.05) is 17.7 Å². The zero-order valence-corrected chi connectivity index (χ0v) is 13.1. The minimum Gasteiger partial charge on any atom is -0.494 e. The van der Waals surface area contributed by atoms with E-state index in [1.165, 1.54) is 19.2 Å². The van der Waals surface area contributed by atoms with Gasteiger partial charge < -0.3 is 21.1 Å². The Labute approximate surface area is 138 Å². The zero-order chi connectivity index (χ0) is 17.5. The van der Waals surface area contributed by atoms with E-state index in [1.807, 2.05) is 0 Å². The second kappa shape index (κ2) is 7.96. The van der Waals surface area contributed by atoms with Crippen LogP contribution in [-0.2, 0) is 11.2 Å². The molecule has 0 unspecified atom stereocenters. The molecule has 7 heteroatoms. The molecule has 0 aliphatic carbocycles. The van der Waals surface area contributed by atoms with Gasteiger partial charge in [-0.05, 0) is 48.4 Å². The molecule has 3 amide bonds. The summed E-state index contributed by atoms with van der Waals surface area (Å²) < 4.78 is 18.4. The minimum absolute atomic E-state index is 0.174. The molecule has 0 fully saturated rings. The summed E-state index contributed by atoms with van der Waals surface area (Å²) in [5.41, 5.74) is 6.85. The summed E-state index contributed by atoms with van der Waals surface area (Å²) in [4.78, 5) is 22.7. The molecular weight excluding hydrogens is 313 g/mol. The second-order valence-corrected chi connectivity index (χ2v) is 5.08. The number of urea groups is 1. The van der Waals surface area contributed by atoms with Crippen molar-refractivity contribution in [1.29, 1.82) is 0 Å². The fourth-order valence-electron chi connectivity index (χ4n) is 2.13. The monoisotopic (exact) mass is 331 g/mol. The Morgan fingerprint density at radius 1 is 1.08 bits per heavy atom. The van der Waals surface area contributed by atoms with Gasteiger partial charge in [-0.25, -0.2) is 9.18 Å². The number of primary amides is 1. The van der Waals surface area contributed by atoms with Crippen LogP contribution in [-0.4, -0.2) is 19.0 Å². The third-order valence-corrected chi connectivity index (χ3v) is 3.29. The van der Waals surface area contributed by atoms with Crippen LogP contribution < -0.4 is 21.1 Å². The number of amides is 3. The molecule has 2 aromatic rings. The molecule has 0 bridgehead atoms. The second-order valence-electron chi connectivity index (χ2n) is 5.08. The largest absolute Gasteiger partial charge is 0.494 e. The van der Waals surface area contributed by atoms with Gasteiger partial charge in [-0.3, -0.25) is 4.79 Å². The van der Waals surface area contributed by atoms with Gasteiger partial charge in [0.05, 0.1) is 7.11 Å². The lowest BCUT2D eigenvalue weighted by atomic mass is 10.1. The molecule has 4 N–H and O–H groups in total. The van der Waals surface area contributed by atoms with Crippen LogP contribution in [0.3, 0.4) is 0 Å². The van der Waals surface area contributed by atoms with Gasteiger partial charge in [-0.2, -0.15) is 0 Å². The van der Waals surface area contributed by atoms with Crippen molar-refractivity contribution < 1.29 is 18.7 Å². The maximum Gasteiger partial charge on any atom is 0.316 e. The van der Waals surface area contributed by atoms with Gasteiger partial charge in [0, 0.05) is 17.8 Å². The average Bonchev–Trinajstić information content (AvgIpc) is 2.54. The normalized spacial score (nSPS) is 10.1. The van der Waals surface area contributed by atoms with E-state index in [0.29, 0.717) is 23.4 Å². The van der Waals surface area contributed by atoms with E-state index >= 15 is 0 Å². The number of carbonyl (C=O) groups is 2. The number of methoxy groups -OCH3 is 1. The number of ether oxygens (including phenoxy) is 1. The van der Waals surface area contributed by atoms with Crippen LogP contribution in [0.5, 0.6) is 5.75 Å². The van der Waals surface area contributed by atoms with Crippen molar-refractivity contribution >= 4 is 23.3 Å². The van der Waals surface area contributed by atoms with Crippen molar-refractivity contribution in [3.63, 3.8) is 0 Å². The van der Waals surface area contributed by atoms with Crippen molar-refractivity contribution in [3.05, 3.63) is 53.8 Å². The summed E-state index contributed by atoms with van der Waals surface area (Å²) in [6.45, 7) is 0. The number of hydrogen-bond donors (Lipinski definition) is 3. The number of nitrogens with two attached hydrogens (primary N) is 1. The molecule has 0 aromatic heterocycles. The van der Waals surface area contributed by atoms with Gasteiger partial charge >= 0.3 is 6.03 Å². The summed E-state index contributed by atoms with van der Waals surface area (Å²) in [6.07, 6.45) is 0.626. The lowest BCUT2D eigenvalue weighted by Gasteiger charge is -2.08. The van der Waals surface area contributed by atoms with E-state index in [4.69, 9.17) is 10.5 Å². The first-order valence-corrected chi connectivity index (χ1v) is 7.26. The Kier molecular flexibility index (Phi) is 5.73. The number of rotatable bonds is 6. The standard InChI is InChI=1S/C17H18FN3O3/c1-24-15-8-2-11(10-14(15)18)3-9-16(22)20-12-4-6-13(7-5-12)21-17(19)23/h2,4-8,10H,3,9H2,1H3,(H,20,22)(H3,19,21,23). The SMILES string of the molecule is COc1ccc(CCC(=O)Nc2ccc(NC(N)=O)cc2)cc1F. The summed E-state index contributed by atoms with van der Waals surface area (Å²) in [6, 6.07) is 10.5. The molecule has 0 atom stereocenters. The van der Waals surface area contributed by atoms with Crippen LogP contribution in [0.4, 0.5) is 20.6 Å². The van der Waals surface area contributed by atoms with E-state index in [1.54, 1.807) is 30.3 Å². The Morgan fingerprint density at radius 3 is 2.25 bits per heavy atom. The lowest BCUT2D eigenvalue weighted by Crippen LogP contribution is -2.19. The molecule has 0 saturated heterocycles. The third kappa shape index (κ3) is 4.98. The highest BCUT2D eigenvalue weighted by Gasteiger charge is 2.07. The first-order chi connectivity index (χ1) is 11.5. The van der Waals surface area contributed by atoms with E-state index in [9.17, 15) is 14.0 Å². The van der Waals surface area contributed by atoms with Crippen LogP contribution in [0.15, 0.2) is 42.5 Å². The van der Waals surface area contributed by atoms with E-state index in [2.05, 4.69) is 10.6 Å². The number of halogens is 1. The van der Waals surface area contributed by atoms with Gasteiger partial charge in [-0.15, -0.1) is 0 Å². The highest BCUT2D eigenvalue weighted by Crippen LogP contribution is 2.19. The molecule has 6 nitrogen and oxygen atoms in total. The molecule has 126 valence electrons. The predicted octanol–water partition coefficient (Wildman–Crippen LogP) is 2.90. The molecule has 24 heavy (non-hydrogen) atoms. The summed E-state index contributed by atoms with van der Waals surface area (Å²) in [7, 11) is 1.40.